The molecule has 1 unspecified atom stereocenters. The number of fused-ring (bicyclic) bond motifs is 3. The molecule has 2 N–H and O–H groups in total. The number of ether oxygens (including phenoxy) is 1. The summed E-state index contributed by atoms with van der Waals surface area (Å²) in [5, 5.41) is 12.4. The van der Waals surface area contributed by atoms with Crippen molar-refractivity contribution in [3.05, 3.63) is 59.7 Å². The highest BCUT2D eigenvalue weighted by Gasteiger charge is 2.45. The van der Waals surface area contributed by atoms with Crippen molar-refractivity contribution in [1.82, 2.24) is 10.2 Å². The number of carbonyl (C=O) groups excluding carboxylic acids is 2. The van der Waals surface area contributed by atoms with E-state index < -0.39 is 22.9 Å². The van der Waals surface area contributed by atoms with Crippen LogP contribution in [0.2, 0.25) is 0 Å². The Morgan fingerprint density at radius 1 is 1.09 bits per heavy atom. The van der Waals surface area contributed by atoms with Crippen molar-refractivity contribution in [3.63, 3.8) is 0 Å². The number of nitrogens with zero attached hydrogens (tertiary/aromatic N) is 1. The summed E-state index contributed by atoms with van der Waals surface area (Å²) in [4.78, 5) is 38.7. The van der Waals surface area contributed by atoms with Crippen LogP contribution in [0.4, 0.5) is 4.79 Å². The van der Waals surface area contributed by atoms with Crippen molar-refractivity contribution < 1.29 is 24.2 Å². The number of carbonyl (C=O) groups is 3. The fourth-order valence-electron chi connectivity index (χ4n) is 5.24. The molecule has 35 heavy (non-hydrogen) atoms. The van der Waals surface area contributed by atoms with Gasteiger partial charge in [-0.25, -0.2) is 4.79 Å². The summed E-state index contributed by atoms with van der Waals surface area (Å²) in [5.41, 5.74) is 3.32. The van der Waals surface area contributed by atoms with Gasteiger partial charge in [0.2, 0.25) is 5.91 Å². The lowest BCUT2D eigenvalue weighted by Crippen LogP contribution is -2.41. The second-order valence-corrected chi connectivity index (χ2v) is 10.5. The van der Waals surface area contributed by atoms with Crippen LogP contribution >= 0.6 is 0 Å². The van der Waals surface area contributed by atoms with E-state index in [0.717, 1.165) is 11.1 Å². The Bertz CT molecular complexity index is 1080. The zero-order valence-corrected chi connectivity index (χ0v) is 20.7. The molecule has 1 heterocycles. The summed E-state index contributed by atoms with van der Waals surface area (Å²) in [6, 6.07) is 16.4. The lowest BCUT2D eigenvalue weighted by molar-refractivity contribution is -0.148. The van der Waals surface area contributed by atoms with Crippen LogP contribution in [-0.4, -0.2) is 54.2 Å². The van der Waals surface area contributed by atoms with E-state index in [4.69, 9.17) is 4.74 Å². The minimum Gasteiger partial charge on any atom is -0.481 e. The minimum atomic E-state index is -0.848. The molecule has 1 aliphatic heterocycles. The van der Waals surface area contributed by atoms with E-state index in [-0.39, 0.29) is 37.9 Å². The Labute approximate surface area is 206 Å². The first-order valence-electron chi connectivity index (χ1n) is 12.3. The number of hydrogen-bond acceptors (Lipinski definition) is 4. The van der Waals surface area contributed by atoms with E-state index in [0.29, 0.717) is 19.4 Å². The Hall–Kier alpha value is -3.35. The maximum atomic E-state index is 12.9. The number of nitrogens with one attached hydrogen (secondary N) is 1. The zero-order valence-electron chi connectivity index (χ0n) is 20.7. The summed E-state index contributed by atoms with van der Waals surface area (Å²) in [6.07, 6.45) is 0.683. The lowest BCUT2D eigenvalue weighted by Gasteiger charge is -2.28. The van der Waals surface area contributed by atoms with Crippen molar-refractivity contribution in [2.75, 3.05) is 26.2 Å². The third-order valence-corrected chi connectivity index (χ3v) is 7.52. The molecule has 1 atom stereocenters. The molecule has 1 saturated heterocycles. The molecule has 7 heteroatoms. The lowest BCUT2D eigenvalue weighted by atomic mass is 9.84. The van der Waals surface area contributed by atoms with Gasteiger partial charge in [-0.3, -0.25) is 9.59 Å². The molecule has 0 aromatic heterocycles. The molecule has 4 rings (SSSR count). The van der Waals surface area contributed by atoms with Gasteiger partial charge in [-0.2, -0.15) is 0 Å². The van der Waals surface area contributed by atoms with E-state index in [2.05, 4.69) is 29.6 Å². The molecule has 1 aliphatic carbocycles. The number of amides is 2. The van der Waals surface area contributed by atoms with E-state index in [1.54, 1.807) is 4.90 Å². The van der Waals surface area contributed by atoms with Crippen LogP contribution in [0.1, 0.15) is 57.1 Å². The summed E-state index contributed by atoms with van der Waals surface area (Å²) in [5.74, 6) is -0.932. The highest BCUT2D eigenvalue weighted by Crippen LogP contribution is 2.44. The first kappa shape index (κ1) is 24.8. The highest BCUT2D eigenvalue weighted by molar-refractivity contribution is 5.81. The van der Waals surface area contributed by atoms with Gasteiger partial charge >= 0.3 is 12.1 Å². The predicted octanol–water partition coefficient (Wildman–Crippen LogP) is 4.65. The number of carboxylic acids is 1. The Morgan fingerprint density at radius 2 is 1.69 bits per heavy atom. The number of likely N-dealkylation sites (tertiary alicyclic amines) is 1. The van der Waals surface area contributed by atoms with Gasteiger partial charge in [0.25, 0.3) is 0 Å². The van der Waals surface area contributed by atoms with Gasteiger partial charge in [-0.05, 0) is 40.5 Å². The first-order chi connectivity index (χ1) is 16.7. The number of hydrogen-bond donors (Lipinski definition) is 2. The molecule has 2 aromatic carbocycles. The Balaban J connectivity index is 1.29. The van der Waals surface area contributed by atoms with Crippen molar-refractivity contribution in [1.29, 1.82) is 0 Å². The molecule has 1 fully saturated rings. The number of benzene rings is 2. The summed E-state index contributed by atoms with van der Waals surface area (Å²) < 4.78 is 5.60. The number of aliphatic carboxylic acids is 1. The van der Waals surface area contributed by atoms with Gasteiger partial charge in [0.15, 0.2) is 0 Å². The third-order valence-electron chi connectivity index (χ3n) is 7.52. The monoisotopic (exact) mass is 478 g/mol. The normalized spacial score (nSPS) is 19.2. The largest absolute Gasteiger partial charge is 0.481 e. The van der Waals surface area contributed by atoms with Gasteiger partial charge in [0.1, 0.15) is 6.61 Å². The van der Waals surface area contributed by atoms with E-state index in [1.165, 1.54) is 11.1 Å². The number of carboxylic acid groups (broad SMARTS) is 1. The van der Waals surface area contributed by atoms with Gasteiger partial charge in [-0.15, -0.1) is 0 Å². The molecule has 0 saturated carbocycles. The Kier molecular flexibility index (Phi) is 6.88. The molecule has 186 valence electrons. The molecule has 2 amide bonds. The average molecular weight is 479 g/mol. The fraction of sp³-hybridized carbons (Fsp3) is 0.464. The highest BCUT2D eigenvalue weighted by atomic mass is 16.5. The first-order valence-corrected chi connectivity index (χ1v) is 12.3. The fourth-order valence-corrected chi connectivity index (χ4v) is 5.24. The molecular formula is C28H34N2O5. The molecule has 2 aromatic rings. The van der Waals surface area contributed by atoms with Gasteiger partial charge in [-0.1, -0.05) is 69.3 Å². The molecule has 7 nitrogen and oxygen atoms in total. The van der Waals surface area contributed by atoms with Crippen LogP contribution in [0.25, 0.3) is 11.1 Å². The van der Waals surface area contributed by atoms with Crippen molar-refractivity contribution >= 4 is 18.0 Å². The summed E-state index contributed by atoms with van der Waals surface area (Å²) in [7, 11) is 0. The zero-order chi connectivity index (χ0) is 25.2. The third kappa shape index (κ3) is 5.04. The topological polar surface area (TPSA) is 95.9 Å². The van der Waals surface area contributed by atoms with Crippen molar-refractivity contribution in [3.8, 4) is 11.1 Å². The second-order valence-electron chi connectivity index (χ2n) is 10.5. The average Bonchev–Trinajstić information content (AvgIpc) is 3.42. The van der Waals surface area contributed by atoms with Crippen LogP contribution in [0.5, 0.6) is 0 Å². The smallest absolute Gasteiger partial charge is 0.407 e. The maximum absolute atomic E-state index is 12.9. The van der Waals surface area contributed by atoms with E-state index in [1.807, 2.05) is 45.0 Å². The molecule has 0 spiro atoms. The van der Waals surface area contributed by atoms with Crippen LogP contribution < -0.4 is 5.32 Å². The standard InChI is InChI=1S/C28H34N2O5/c1-4-28(25(32)33)13-14-30(18-28)24(31)15-27(2,3)17-29-26(34)35-16-23-21-11-7-5-9-19(21)20-10-6-8-12-22(20)23/h5-12,23H,4,13-18H2,1-3H3,(H,29,34)(H,32,33). The second kappa shape index (κ2) is 9.72. The SMILES string of the molecule is CCC1(C(=O)O)CCN(C(=O)CC(C)(C)CNC(=O)OCC2c3ccccc3-c3ccccc32)C1. The summed E-state index contributed by atoms with van der Waals surface area (Å²) in [6.45, 7) is 6.89. The summed E-state index contributed by atoms with van der Waals surface area (Å²) >= 11 is 0. The minimum absolute atomic E-state index is 0.00836. The number of rotatable bonds is 8. The van der Waals surface area contributed by atoms with E-state index in [9.17, 15) is 19.5 Å². The van der Waals surface area contributed by atoms with Gasteiger partial charge in [0.05, 0.1) is 5.41 Å². The number of alkyl carbamates (subject to hydrolysis) is 1. The van der Waals surface area contributed by atoms with Gasteiger partial charge in [0, 0.05) is 32.0 Å². The molecule has 2 aliphatic rings. The Morgan fingerprint density at radius 3 is 2.23 bits per heavy atom. The van der Waals surface area contributed by atoms with Crippen LogP contribution in [0, 0.1) is 10.8 Å². The van der Waals surface area contributed by atoms with Crippen molar-refractivity contribution in [2.24, 2.45) is 10.8 Å². The predicted molar refractivity (Wildman–Crippen MR) is 133 cm³/mol. The molecule has 0 radical (unpaired) electrons. The van der Waals surface area contributed by atoms with Crippen molar-refractivity contribution in [2.45, 2.75) is 46.0 Å². The maximum Gasteiger partial charge on any atom is 0.407 e. The quantitative estimate of drug-likeness (QED) is 0.576. The van der Waals surface area contributed by atoms with E-state index >= 15 is 0 Å². The van der Waals surface area contributed by atoms with Crippen LogP contribution in [0.15, 0.2) is 48.5 Å². The molecular weight excluding hydrogens is 444 g/mol. The van der Waals surface area contributed by atoms with Crippen LogP contribution in [-0.2, 0) is 14.3 Å². The van der Waals surface area contributed by atoms with Crippen LogP contribution in [0.3, 0.4) is 0 Å². The van der Waals surface area contributed by atoms with Gasteiger partial charge < -0.3 is 20.1 Å². The molecule has 0 bridgehead atoms.